The molecule has 1 saturated heterocycles. The van der Waals surface area contributed by atoms with E-state index in [1.165, 1.54) is 0 Å². The molecule has 0 spiro atoms. The maximum absolute atomic E-state index is 12.5. The molecule has 1 atom stereocenters. The highest BCUT2D eigenvalue weighted by molar-refractivity contribution is 5.85. The number of likely N-dealkylation sites (N-methyl/N-ethyl adjacent to an activating group) is 1. The topological polar surface area (TPSA) is 41.6 Å². The van der Waals surface area contributed by atoms with Gasteiger partial charge in [-0.2, -0.15) is 13.2 Å². The highest BCUT2D eigenvalue weighted by atomic mass is 35.5. The number of hydrogen-bond donors (Lipinski definition) is 1. The third-order valence-electron chi connectivity index (χ3n) is 4.30. The van der Waals surface area contributed by atoms with Gasteiger partial charge in [0.05, 0.1) is 6.04 Å². The van der Waals surface area contributed by atoms with E-state index in [1.54, 1.807) is 37.9 Å². The second-order valence-electron chi connectivity index (χ2n) is 6.66. The van der Waals surface area contributed by atoms with Crippen molar-refractivity contribution in [3.8, 4) is 5.75 Å². The fourth-order valence-electron chi connectivity index (χ4n) is 3.19. The lowest BCUT2D eigenvalue weighted by Crippen LogP contribution is -2.47. The molecule has 26 heavy (non-hydrogen) atoms. The molecule has 1 unspecified atom stereocenters. The Kier molecular flexibility index (Phi) is 8.21. The van der Waals surface area contributed by atoms with E-state index in [0.29, 0.717) is 17.7 Å². The van der Waals surface area contributed by atoms with Crippen LogP contribution in [0, 0.1) is 13.8 Å². The van der Waals surface area contributed by atoms with Gasteiger partial charge in [0, 0.05) is 13.6 Å². The Morgan fingerprint density at radius 1 is 1.27 bits per heavy atom. The summed E-state index contributed by atoms with van der Waals surface area (Å²) >= 11 is 0. The molecule has 1 aliphatic rings. The van der Waals surface area contributed by atoms with E-state index < -0.39 is 12.8 Å². The zero-order chi connectivity index (χ0) is 18.6. The van der Waals surface area contributed by atoms with E-state index in [2.05, 4.69) is 5.32 Å². The van der Waals surface area contributed by atoms with E-state index in [0.717, 1.165) is 31.4 Å². The van der Waals surface area contributed by atoms with Gasteiger partial charge in [0.1, 0.15) is 5.75 Å². The summed E-state index contributed by atoms with van der Waals surface area (Å²) in [6.45, 7) is 3.39. The van der Waals surface area contributed by atoms with Crippen LogP contribution in [0.5, 0.6) is 5.75 Å². The number of halogens is 4. The molecule has 1 N–H and O–H groups in total. The van der Waals surface area contributed by atoms with Gasteiger partial charge in [-0.15, -0.1) is 12.4 Å². The van der Waals surface area contributed by atoms with Gasteiger partial charge in [0.2, 0.25) is 5.91 Å². The van der Waals surface area contributed by atoms with Crippen LogP contribution in [0.25, 0.3) is 0 Å². The molecule has 2 rings (SSSR count). The summed E-state index contributed by atoms with van der Waals surface area (Å²) in [6, 6.07) is 3.41. The summed E-state index contributed by atoms with van der Waals surface area (Å²) in [5, 5.41) is 3.23. The van der Waals surface area contributed by atoms with Crippen LogP contribution in [0.15, 0.2) is 12.1 Å². The quantitative estimate of drug-likeness (QED) is 0.826. The number of alkyl halides is 3. The van der Waals surface area contributed by atoms with Crippen LogP contribution in [0.3, 0.4) is 0 Å². The van der Waals surface area contributed by atoms with Crippen molar-refractivity contribution < 1.29 is 22.7 Å². The van der Waals surface area contributed by atoms with Crippen LogP contribution in [0.2, 0.25) is 0 Å². The highest BCUT2D eigenvalue weighted by Gasteiger charge is 2.29. The number of benzene rings is 1. The Labute approximate surface area is 158 Å². The lowest BCUT2D eigenvalue weighted by molar-refractivity contribution is -0.153. The van der Waals surface area contributed by atoms with Crippen LogP contribution in [0.4, 0.5) is 13.2 Å². The molecule has 0 saturated carbocycles. The van der Waals surface area contributed by atoms with Crippen molar-refractivity contribution in [2.45, 2.75) is 51.9 Å². The van der Waals surface area contributed by atoms with Crippen molar-refractivity contribution in [3.05, 3.63) is 28.8 Å². The largest absolute Gasteiger partial charge is 0.484 e. The second-order valence-corrected chi connectivity index (χ2v) is 6.66. The highest BCUT2D eigenvalue weighted by Crippen LogP contribution is 2.27. The van der Waals surface area contributed by atoms with Gasteiger partial charge < -0.3 is 15.0 Å². The lowest BCUT2D eigenvalue weighted by Gasteiger charge is -2.27. The summed E-state index contributed by atoms with van der Waals surface area (Å²) in [7, 11) is 1.75. The minimum Gasteiger partial charge on any atom is -0.484 e. The molecule has 8 heteroatoms. The maximum Gasteiger partial charge on any atom is 0.422 e. The number of aryl methyl sites for hydroxylation is 2. The predicted octanol–water partition coefficient (Wildman–Crippen LogP) is 3.77. The Balaban J connectivity index is 0.00000338. The number of nitrogens with one attached hydrogen (secondary N) is 1. The number of carbonyl (C=O) groups excluding carboxylic acids is 1. The van der Waals surface area contributed by atoms with Crippen LogP contribution < -0.4 is 10.1 Å². The van der Waals surface area contributed by atoms with Crippen molar-refractivity contribution in [1.82, 2.24) is 10.2 Å². The molecule has 1 aliphatic heterocycles. The third-order valence-corrected chi connectivity index (χ3v) is 4.30. The van der Waals surface area contributed by atoms with E-state index in [9.17, 15) is 18.0 Å². The van der Waals surface area contributed by atoms with Gasteiger partial charge in [-0.3, -0.25) is 4.79 Å². The van der Waals surface area contributed by atoms with Crippen molar-refractivity contribution in [3.63, 3.8) is 0 Å². The number of nitrogens with zero attached hydrogens (tertiary/aromatic N) is 1. The molecule has 148 valence electrons. The fourth-order valence-corrected chi connectivity index (χ4v) is 3.19. The van der Waals surface area contributed by atoms with Crippen LogP contribution in [-0.4, -0.2) is 43.2 Å². The van der Waals surface area contributed by atoms with E-state index >= 15 is 0 Å². The molecule has 4 nitrogen and oxygen atoms in total. The number of ether oxygens (including phenoxy) is 1. The minimum atomic E-state index is -4.36. The van der Waals surface area contributed by atoms with Crippen molar-refractivity contribution in [1.29, 1.82) is 0 Å². The smallest absolute Gasteiger partial charge is 0.422 e. The lowest BCUT2D eigenvalue weighted by atomic mass is 10.0. The number of amides is 1. The van der Waals surface area contributed by atoms with Gasteiger partial charge >= 0.3 is 6.18 Å². The van der Waals surface area contributed by atoms with Gasteiger partial charge in [0.25, 0.3) is 0 Å². The fraction of sp³-hybridized carbons (Fsp3) is 0.611. The minimum absolute atomic E-state index is 0. The molecule has 0 bridgehead atoms. The second kappa shape index (κ2) is 9.46. The summed E-state index contributed by atoms with van der Waals surface area (Å²) in [4.78, 5) is 14.1. The zero-order valence-corrected chi connectivity index (χ0v) is 16.1. The van der Waals surface area contributed by atoms with E-state index in [4.69, 9.17) is 4.74 Å². The van der Waals surface area contributed by atoms with Crippen LogP contribution in [-0.2, 0) is 11.3 Å². The average Bonchev–Trinajstić information content (AvgIpc) is 2.53. The van der Waals surface area contributed by atoms with Gasteiger partial charge in [0.15, 0.2) is 6.61 Å². The van der Waals surface area contributed by atoms with Crippen molar-refractivity contribution in [2.24, 2.45) is 0 Å². The Morgan fingerprint density at radius 2 is 1.88 bits per heavy atom. The summed E-state index contributed by atoms with van der Waals surface area (Å²) in [5.74, 6) is 0.302. The van der Waals surface area contributed by atoms with Gasteiger partial charge in [-0.25, -0.2) is 0 Å². The number of carbonyl (C=O) groups is 1. The third kappa shape index (κ3) is 6.36. The SMILES string of the molecule is Cc1cc(CN(C)C(=O)C2CCCCN2)cc(C)c1OCC(F)(F)F.Cl. The first-order chi connectivity index (χ1) is 11.7. The molecule has 1 aromatic carbocycles. The molecule has 0 aliphatic carbocycles. The predicted molar refractivity (Wildman–Crippen MR) is 96.8 cm³/mol. The molecule has 1 amide bonds. The molecule has 0 aromatic heterocycles. The van der Waals surface area contributed by atoms with Crippen molar-refractivity contribution >= 4 is 18.3 Å². The Bertz CT molecular complexity index is 594. The zero-order valence-electron chi connectivity index (χ0n) is 15.3. The Hall–Kier alpha value is -1.47. The molecule has 1 heterocycles. The summed E-state index contributed by atoms with van der Waals surface area (Å²) < 4.78 is 42.0. The summed E-state index contributed by atoms with van der Waals surface area (Å²) in [6.07, 6.45) is -1.39. The first-order valence-electron chi connectivity index (χ1n) is 8.45. The molecule has 1 fully saturated rings. The summed E-state index contributed by atoms with van der Waals surface area (Å²) in [5.41, 5.74) is 2.15. The van der Waals surface area contributed by atoms with Gasteiger partial charge in [-0.1, -0.05) is 18.6 Å². The monoisotopic (exact) mass is 394 g/mol. The first-order valence-corrected chi connectivity index (χ1v) is 8.45. The van der Waals surface area contributed by atoms with Crippen molar-refractivity contribution in [2.75, 3.05) is 20.2 Å². The van der Waals surface area contributed by atoms with Gasteiger partial charge in [-0.05, 0) is 49.9 Å². The molecule has 0 radical (unpaired) electrons. The van der Waals surface area contributed by atoms with E-state index in [1.807, 2.05) is 0 Å². The van der Waals surface area contributed by atoms with Crippen LogP contribution >= 0.6 is 12.4 Å². The number of piperidine rings is 1. The average molecular weight is 395 g/mol. The maximum atomic E-state index is 12.5. The van der Waals surface area contributed by atoms with Crippen LogP contribution in [0.1, 0.15) is 36.0 Å². The Morgan fingerprint density at radius 3 is 2.38 bits per heavy atom. The standard InChI is InChI=1S/C18H25F3N2O2.ClH/c1-12-8-14(9-13(2)16(12)25-11-18(19,20)21)10-23(3)17(24)15-6-4-5-7-22-15;/h8-9,15,22H,4-7,10-11H2,1-3H3;1H. The molecular weight excluding hydrogens is 369 g/mol. The first kappa shape index (κ1) is 22.6. The number of rotatable bonds is 5. The molecule has 1 aromatic rings. The van der Waals surface area contributed by atoms with E-state index in [-0.39, 0.29) is 30.1 Å². The molecular formula is C18H26ClF3N2O2. The number of hydrogen-bond acceptors (Lipinski definition) is 3. The normalized spacial score (nSPS) is 17.4.